The summed E-state index contributed by atoms with van der Waals surface area (Å²) in [7, 11) is 0. The lowest BCUT2D eigenvalue weighted by Gasteiger charge is -2.34. The molecule has 118 valence electrons. The first-order valence-corrected chi connectivity index (χ1v) is 8.44. The number of carbonyl (C=O) groups excluding carboxylic acids is 1. The molecule has 1 atom stereocenters. The highest BCUT2D eigenvalue weighted by Crippen LogP contribution is 2.25. The lowest BCUT2D eigenvalue weighted by atomic mass is 9.91. The van der Waals surface area contributed by atoms with Gasteiger partial charge in [-0.05, 0) is 50.2 Å². The van der Waals surface area contributed by atoms with Crippen LogP contribution < -0.4 is 4.74 Å². The van der Waals surface area contributed by atoms with Crippen molar-refractivity contribution in [3.05, 3.63) is 42.5 Å². The van der Waals surface area contributed by atoms with Crippen LogP contribution in [-0.4, -0.2) is 30.5 Å². The minimum Gasteiger partial charge on any atom is -0.493 e. The molecule has 1 amide bonds. The summed E-state index contributed by atoms with van der Waals surface area (Å²) in [5, 5.41) is 0. The molecule has 3 rings (SSSR count). The number of para-hydroxylation sites is 1. The molecular formula is C19H25NO2. The molecule has 1 aromatic rings. The van der Waals surface area contributed by atoms with Gasteiger partial charge >= 0.3 is 0 Å². The van der Waals surface area contributed by atoms with Crippen molar-refractivity contribution in [3.63, 3.8) is 0 Å². The standard InChI is InChI=1S/C19H25NO2/c21-19(17-7-3-1-4-8-17)20-13-11-16(12-14-20)15-22-18-9-5-2-6-10-18/h1-3,5-6,9-10,16-17H,4,7-8,11-15H2/t17-/m1/s1. The first-order valence-electron chi connectivity index (χ1n) is 8.44. The highest BCUT2D eigenvalue weighted by atomic mass is 16.5. The lowest BCUT2D eigenvalue weighted by Crippen LogP contribution is -2.42. The fraction of sp³-hybridized carbons (Fsp3) is 0.526. The molecule has 0 unspecified atom stereocenters. The highest BCUT2D eigenvalue weighted by molar-refractivity contribution is 5.79. The topological polar surface area (TPSA) is 29.5 Å². The Morgan fingerprint density at radius 2 is 1.86 bits per heavy atom. The zero-order valence-corrected chi connectivity index (χ0v) is 13.1. The van der Waals surface area contributed by atoms with Gasteiger partial charge in [-0.15, -0.1) is 0 Å². The Hall–Kier alpha value is -1.77. The number of hydrogen-bond acceptors (Lipinski definition) is 2. The Bertz CT molecular complexity index is 503. The van der Waals surface area contributed by atoms with Crippen LogP contribution >= 0.6 is 0 Å². The molecule has 0 spiro atoms. The fourth-order valence-electron chi connectivity index (χ4n) is 3.33. The predicted octanol–water partition coefficient (Wildman–Crippen LogP) is 3.66. The number of amides is 1. The van der Waals surface area contributed by atoms with Crippen LogP contribution in [0.3, 0.4) is 0 Å². The fourth-order valence-corrected chi connectivity index (χ4v) is 3.33. The summed E-state index contributed by atoms with van der Waals surface area (Å²) in [4.78, 5) is 14.6. The summed E-state index contributed by atoms with van der Waals surface area (Å²) in [6.07, 6.45) is 9.46. The van der Waals surface area contributed by atoms with Crippen LogP contribution in [-0.2, 0) is 4.79 Å². The molecule has 1 heterocycles. The maximum Gasteiger partial charge on any atom is 0.226 e. The van der Waals surface area contributed by atoms with Crippen molar-refractivity contribution in [2.45, 2.75) is 32.1 Å². The number of piperidine rings is 1. The highest BCUT2D eigenvalue weighted by Gasteiger charge is 2.28. The average molecular weight is 299 g/mol. The molecule has 1 aliphatic heterocycles. The van der Waals surface area contributed by atoms with Crippen molar-refractivity contribution >= 4 is 5.91 Å². The minimum absolute atomic E-state index is 0.224. The molecule has 0 bridgehead atoms. The number of ether oxygens (including phenoxy) is 1. The van der Waals surface area contributed by atoms with E-state index in [9.17, 15) is 4.79 Å². The second-order valence-corrected chi connectivity index (χ2v) is 6.37. The monoisotopic (exact) mass is 299 g/mol. The van der Waals surface area contributed by atoms with E-state index in [1.165, 1.54) is 0 Å². The molecule has 3 heteroatoms. The van der Waals surface area contributed by atoms with Crippen LogP contribution in [0.15, 0.2) is 42.5 Å². The molecule has 1 aromatic carbocycles. The third-order valence-corrected chi connectivity index (χ3v) is 4.77. The molecular weight excluding hydrogens is 274 g/mol. The SMILES string of the molecule is O=C([C@@H]1CC=CCC1)N1CCC(COc2ccccc2)CC1. The van der Waals surface area contributed by atoms with E-state index < -0.39 is 0 Å². The maximum absolute atomic E-state index is 12.5. The first kappa shape index (κ1) is 15.1. The van der Waals surface area contributed by atoms with Crippen molar-refractivity contribution in [1.82, 2.24) is 4.90 Å². The molecule has 1 saturated heterocycles. The Labute approximate surface area is 133 Å². The molecule has 22 heavy (non-hydrogen) atoms. The van der Waals surface area contributed by atoms with Gasteiger partial charge in [-0.2, -0.15) is 0 Å². The van der Waals surface area contributed by atoms with Gasteiger partial charge in [-0.3, -0.25) is 4.79 Å². The van der Waals surface area contributed by atoms with E-state index in [4.69, 9.17) is 4.74 Å². The van der Waals surface area contributed by atoms with Gasteiger partial charge in [0.1, 0.15) is 5.75 Å². The van der Waals surface area contributed by atoms with Crippen molar-refractivity contribution < 1.29 is 9.53 Å². The van der Waals surface area contributed by atoms with E-state index in [-0.39, 0.29) is 5.92 Å². The summed E-state index contributed by atoms with van der Waals surface area (Å²) in [5.41, 5.74) is 0. The third kappa shape index (κ3) is 3.90. The molecule has 2 aliphatic rings. The average Bonchev–Trinajstić information content (AvgIpc) is 2.61. The summed E-state index contributed by atoms with van der Waals surface area (Å²) in [6, 6.07) is 9.98. The number of benzene rings is 1. The zero-order valence-electron chi connectivity index (χ0n) is 13.1. The van der Waals surface area contributed by atoms with E-state index in [1.807, 2.05) is 30.3 Å². The quantitative estimate of drug-likeness (QED) is 0.794. The minimum atomic E-state index is 0.224. The van der Waals surface area contributed by atoms with Crippen molar-refractivity contribution in [2.24, 2.45) is 11.8 Å². The number of nitrogens with zero attached hydrogens (tertiary/aromatic N) is 1. The molecule has 0 radical (unpaired) electrons. The molecule has 1 fully saturated rings. The number of rotatable bonds is 4. The first-order chi connectivity index (χ1) is 10.8. The van der Waals surface area contributed by atoms with E-state index in [1.54, 1.807) is 0 Å². The Balaban J connectivity index is 1.42. The van der Waals surface area contributed by atoms with Crippen molar-refractivity contribution in [3.8, 4) is 5.75 Å². The Morgan fingerprint density at radius 1 is 1.09 bits per heavy atom. The van der Waals surface area contributed by atoms with Gasteiger partial charge in [0.25, 0.3) is 0 Å². The van der Waals surface area contributed by atoms with E-state index >= 15 is 0 Å². The van der Waals surface area contributed by atoms with Crippen LogP contribution in [0.4, 0.5) is 0 Å². The maximum atomic E-state index is 12.5. The van der Waals surface area contributed by atoms with E-state index in [0.29, 0.717) is 11.8 Å². The van der Waals surface area contributed by atoms with E-state index in [0.717, 1.165) is 57.6 Å². The molecule has 0 saturated carbocycles. The van der Waals surface area contributed by atoms with Crippen molar-refractivity contribution in [2.75, 3.05) is 19.7 Å². The normalized spacial score (nSPS) is 22.5. The van der Waals surface area contributed by atoms with Gasteiger partial charge in [0.2, 0.25) is 5.91 Å². The van der Waals surface area contributed by atoms with Gasteiger partial charge in [-0.25, -0.2) is 0 Å². The van der Waals surface area contributed by atoms with Gasteiger partial charge in [0, 0.05) is 19.0 Å². The van der Waals surface area contributed by atoms with Crippen LogP contribution in [0.5, 0.6) is 5.75 Å². The predicted molar refractivity (Wildman–Crippen MR) is 87.7 cm³/mol. The number of likely N-dealkylation sites (tertiary alicyclic amines) is 1. The summed E-state index contributed by atoms with van der Waals surface area (Å²) < 4.78 is 5.84. The molecule has 0 N–H and O–H groups in total. The van der Waals surface area contributed by atoms with Gasteiger partial charge < -0.3 is 9.64 Å². The Kier molecular flexibility index (Phi) is 5.15. The van der Waals surface area contributed by atoms with Crippen LogP contribution in [0.2, 0.25) is 0 Å². The smallest absolute Gasteiger partial charge is 0.226 e. The van der Waals surface area contributed by atoms with Crippen LogP contribution in [0.25, 0.3) is 0 Å². The van der Waals surface area contributed by atoms with Gasteiger partial charge in [-0.1, -0.05) is 30.4 Å². The number of allylic oxidation sites excluding steroid dienone is 2. The molecule has 1 aliphatic carbocycles. The van der Waals surface area contributed by atoms with E-state index in [2.05, 4.69) is 17.1 Å². The largest absolute Gasteiger partial charge is 0.493 e. The van der Waals surface area contributed by atoms with Crippen LogP contribution in [0.1, 0.15) is 32.1 Å². The lowest BCUT2D eigenvalue weighted by molar-refractivity contribution is -0.137. The summed E-state index contributed by atoms with van der Waals surface area (Å²) >= 11 is 0. The summed E-state index contributed by atoms with van der Waals surface area (Å²) in [6.45, 7) is 2.54. The number of carbonyl (C=O) groups is 1. The van der Waals surface area contributed by atoms with Gasteiger partial charge in [0.05, 0.1) is 6.61 Å². The van der Waals surface area contributed by atoms with Crippen LogP contribution in [0, 0.1) is 11.8 Å². The molecule has 3 nitrogen and oxygen atoms in total. The second kappa shape index (κ2) is 7.48. The third-order valence-electron chi connectivity index (χ3n) is 4.77. The van der Waals surface area contributed by atoms with Crippen molar-refractivity contribution in [1.29, 1.82) is 0 Å². The van der Waals surface area contributed by atoms with Gasteiger partial charge in [0.15, 0.2) is 0 Å². The summed E-state index contributed by atoms with van der Waals surface area (Å²) in [5.74, 6) is 2.10. The zero-order chi connectivity index (χ0) is 15.2. The second-order valence-electron chi connectivity index (χ2n) is 6.37. The number of hydrogen-bond donors (Lipinski definition) is 0. The molecule has 0 aromatic heterocycles. The Morgan fingerprint density at radius 3 is 2.55 bits per heavy atom.